The number of aliphatic hydroxyl groups is 1. The lowest BCUT2D eigenvalue weighted by Gasteiger charge is -2.18. The quantitative estimate of drug-likeness (QED) is 0.328. The number of carbonyl (C=O) groups excluding carboxylic acids is 1. The summed E-state index contributed by atoms with van der Waals surface area (Å²) < 4.78 is 28.6. The number of aliphatic hydroxyl groups excluding tert-OH is 1. The van der Waals surface area contributed by atoms with Crippen molar-refractivity contribution in [3.63, 3.8) is 0 Å². The van der Waals surface area contributed by atoms with Gasteiger partial charge >= 0.3 is 5.97 Å². The lowest BCUT2D eigenvalue weighted by molar-refractivity contribution is -0.145. The SMILES string of the molecule is CCCCOC(=O)C(N)C(N)S(=O)(=O)CCSCCO. The maximum atomic E-state index is 11.9. The van der Waals surface area contributed by atoms with Gasteiger partial charge in [-0.1, -0.05) is 13.3 Å². The molecule has 9 heteroatoms. The summed E-state index contributed by atoms with van der Waals surface area (Å²) in [4.78, 5) is 11.6. The van der Waals surface area contributed by atoms with Crippen LogP contribution in [0.3, 0.4) is 0 Å². The average Bonchev–Trinajstić information content (AvgIpc) is 2.42. The third-order valence-electron chi connectivity index (χ3n) is 2.53. The summed E-state index contributed by atoms with van der Waals surface area (Å²) in [5.74, 6) is -0.226. The molecular weight excluding hydrogens is 304 g/mol. The van der Waals surface area contributed by atoms with Gasteiger partial charge in [-0.2, -0.15) is 11.8 Å². The Morgan fingerprint density at radius 1 is 1.35 bits per heavy atom. The summed E-state index contributed by atoms with van der Waals surface area (Å²) in [5, 5.41) is 7.13. The van der Waals surface area contributed by atoms with Crippen LogP contribution < -0.4 is 11.5 Å². The first-order chi connectivity index (χ1) is 9.36. The van der Waals surface area contributed by atoms with E-state index in [0.717, 1.165) is 6.42 Å². The van der Waals surface area contributed by atoms with Crippen molar-refractivity contribution in [1.82, 2.24) is 0 Å². The Morgan fingerprint density at radius 3 is 2.55 bits per heavy atom. The molecule has 20 heavy (non-hydrogen) atoms. The summed E-state index contributed by atoms with van der Waals surface area (Å²) in [6.45, 7) is 2.14. The van der Waals surface area contributed by atoms with Crippen LogP contribution in [0.25, 0.3) is 0 Å². The van der Waals surface area contributed by atoms with Crippen LogP contribution in [0.5, 0.6) is 0 Å². The molecule has 0 spiro atoms. The number of hydrogen-bond donors (Lipinski definition) is 3. The van der Waals surface area contributed by atoms with Gasteiger partial charge in [0.2, 0.25) is 0 Å². The number of rotatable bonds is 11. The number of nitrogens with two attached hydrogens (primary N) is 2. The molecule has 0 aromatic rings. The van der Waals surface area contributed by atoms with Gasteiger partial charge in [-0.25, -0.2) is 8.42 Å². The summed E-state index contributed by atoms with van der Waals surface area (Å²) in [6.07, 6.45) is 1.55. The van der Waals surface area contributed by atoms with Gasteiger partial charge in [-0.15, -0.1) is 0 Å². The minimum absolute atomic E-state index is 0.0139. The van der Waals surface area contributed by atoms with Crippen molar-refractivity contribution in [3.8, 4) is 0 Å². The lowest BCUT2D eigenvalue weighted by atomic mass is 10.3. The standard InChI is InChI=1S/C11H24N2O5S2/c1-2-3-5-18-11(15)9(12)10(13)20(16,17)8-7-19-6-4-14/h9-10,14H,2-8,12-13H2,1H3. The minimum atomic E-state index is -3.67. The van der Waals surface area contributed by atoms with Gasteiger partial charge in [-0.3, -0.25) is 4.79 Å². The zero-order valence-electron chi connectivity index (χ0n) is 11.7. The molecular formula is C11H24N2O5S2. The molecule has 2 atom stereocenters. The molecule has 0 heterocycles. The Bertz CT molecular complexity index is 375. The van der Waals surface area contributed by atoms with Crippen LogP contribution in [0.4, 0.5) is 0 Å². The first kappa shape index (κ1) is 19.7. The molecule has 0 bridgehead atoms. The zero-order valence-corrected chi connectivity index (χ0v) is 13.3. The van der Waals surface area contributed by atoms with E-state index in [1.807, 2.05) is 6.92 Å². The minimum Gasteiger partial charge on any atom is -0.464 e. The molecule has 0 fully saturated rings. The first-order valence-corrected chi connectivity index (χ1v) is 9.31. The Balaban J connectivity index is 4.31. The second kappa shape index (κ2) is 10.4. The van der Waals surface area contributed by atoms with E-state index in [4.69, 9.17) is 21.3 Å². The molecule has 0 rings (SSSR count). The molecule has 0 aromatic carbocycles. The smallest absolute Gasteiger partial charge is 0.325 e. The monoisotopic (exact) mass is 328 g/mol. The number of ether oxygens (including phenoxy) is 1. The van der Waals surface area contributed by atoms with E-state index in [1.165, 1.54) is 11.8 Å². The van der Waals surface area contributed by atoms with Crippen molar-refractivity contribution in [3.05, 3.63) is 0 Å². The molecule has 0 saturated carbocycles. The van der Waals surface area contributed by atoms with Crippen LogP contribution in [0, 0.1) is 0 Å². The van der Waals surface area contributed by atoms with Crippen molar-refractivity contribution in [2.75, 3.05) is 30.5 Å². The highest BCUT2D eigenvalue weighted by molar-refractivity contribution is 8.00. The predicted octanol–water partition coefficient (Wildman–Crippen LogP) is -0.918. The molecule has 0 radical (unpaired) electrons. The number of thioether (sulfide) groups is 1. The molecule has 0 saturated heterocycles. The third-order valence-corrected chi connectivity index (χ3v) is 5.65. The van der Waals surface area contributed by atoms with E-state index in [1.54, 1.807) is 0 Å². The van der Waals surface area contributed by atoms with Gasteiger partial charge < -0.3 is 21.3 Å². The Hall–Kier alpha value is -0.350. The normalized spacial score (nSPS) is 14.8. The van der Waals surface area contributed by atoms with E-state index < -0.39 is 27.2 Å². The molecule has 0 aliphatic carbocycles. The highest BCUT2D eigenvalue weighted by Gasteiger charge is 2.32. The van der Waals surface area contributed by atoms with E-state index in [0.29, 0.717) is 17.9 Å². The maximum Gasteiger partial charge on any atom is 0.325 e. The third kappa shape index (κ3) is 7.44. The van der Waals surface area contributed by atoms with Crippen LogP contribution in [-0.4, -0.2) is 61.4 Å². The fourth-order valence-corrected chi connectivity index (χ4v) is 3.81. The Kier molecular flexibility index (Phi) is 10.2. The average molecular weight is 328 g/mol. The topological polar surface area (TPSA) is 133 Å². The predicted molar refractivity (Wildman–Crippen MR) is 80.0 cm³/mol. The van der Waals surface area contributed by atoms with Crippen LogP contribution in [0.2, 0.25) is 0 Å². The molecule has 120 valence electrons. The molecule has 0 aliphatic rings. The number of hydrogen-bond acceptors (Lipinski definition) is 8. The van der Waals surface area contributed by atoms with Crippen molar-refractivity contribution in [1.29, 1.82) is 0 Å². The number of carbonyl (C=O) groups is 1. The largest absolute Gasteiger partial charge is 0.464 e. The van der Waals surface area contributed by atoms with Crippen molar-refractivity contribution in [2.45, 2.75) is 31.2 Å². The number of sulfone groups is 1. The number of unbranched alkanes of at least 4 members (excludes halogenated alkanes) is 1. The summed E-state index contributed by atoms with van der Waals surface area (Å²) in [6, 6.07) is -1.38. The van der Waals surface area contributed by atoms with E-state index in [9.17, 15) is 13.2 Å². The van der Waals surface area contributed by atoms with Crippen molar-refractivity contribution < 1.29 is 23.1 Å². The van der Waals surface area contributed by atoms with Gasteiger partial charge in [-0.05, 0) is 6.42 Å². The molecule has 2 unspecified atom stereocenters. The molecule has 7 nitrogen and oxygen atoms in total. The highest BCUT2D eigenvalue weighted by Crippen LogP contribution is 2.07. The van der Waals surface area contributed by atoms with Gasteiger partial charge in [0.1, 0.15) is 11.4 Å². The van der Waals surface area contributed by atoms with E-state index >= 15 is 0 Å². The maximum absolute atomic E-state index is 11.9. The van der Waals surface area contributed by atoms with Crippen LogP contribution in [0.1, 0.15) is 19.8 Å². The Labute approximate surface area is 124 Å². The van der Waals surface area contributed by atoms with Gasteiger partial charge in [0.05, 0.1) is 19.0 Å². The van der Waals surface area contributed by atoms with Crippen molar-refractivity contribution in [2.24, 2.45) is 11.5 Å². The van der Waals surface area contributed by atoms with E-state index in [-0.39, 0.29) is 19.0 Å². The van der Waals surface area contributed by atoms with Gasteiger partial charge in [0.15, 0.2) is 9.84 Å². The summed E-state index contributed by atoms with van der Waals surface area (Å²) in [5.41, 5.74) is 11.1. The first-order valence-electron chi connectivity index (χ1n) is 6.44. The summed E-state index contributed by atoms with van der Waals surface area (Å²) >= 11 is 1.29. The van der Waals surface area contributed by atoms with Crippen molar-refractivity contribution >= 4 is 27.6 Å². The van der Waals surface area contributed by atoms with Crippen LogP contribution >= 0.6 is 11.8 Å². The zero-order chi connectivity index (χ0) is 15.6. The second-order valence-corrected chi connectivity index (χ2v) is 7.72. The van der Waals surface area contributed by atoms with E-state index in [2.05, 4.69) is 0 Å². The summed E-state index contributed by atoms with van der Waals surface area (Å²) in [7, 11) is -3.67. The fraction of sp³-hybridized carbons (Fsp3) is 0.909. The highest BCUT2D eigenvalue weighted by atomic mass is 32.2. The van der Waals surface area contributed by atoms with Gasteiger partial charge in [0, 0.05) is 11.5 Å². The molecule has 0 aromatic heterocycles. The van der Waals surface area contributed by atoms with Gasteiger partial charge in [0.25, 0.3) is 0 Å². The molecule has 5 N–H and O–H groups in total. The molecule has 0 aliphatic heterocycles. The second-order valence-electron chi connectivity index (χ2n) is 4.21. The van der Waals surface area contributed by atoms with Crippen LogP contribution in [0.15, 0.2) is 0 Å². The van der Waals surface area contributed by atoms with Crippen LogP contribution in [-0.2, 0) is 19.4 Å². The molecule has 0 amide bonds. The lowest BCUT2D eigenvalue weighted by Crippen LogP contribution is -2.53. The Morgan fingerprint density at radius 2 is 2.00 bits per heavy atom. The fourth-order valence-electron chi connectivity index (χ4n) is 1.25. The number of esters is 1.